The zero-order valence-electron chi connectivity index (χ0n) is 27.9. The standard InChI is InChI=1S/C39H47N3O4S/c1-28(2)23-33(40-38(44)35-20-11-9-16-31(35)24-29-13-6-5-7-14-29)26-42(25-32-18-12-17-30-15-8-10-19-34(30)32)27-37(43)41-36(21-22-47-4)39(45)46-3/h5-20,28,33,36H,21-27H2,1-4H3,(H,40,44)(H,41,43)/t33-,36-/m0/s1. The number of nitrogens with zero attached hydrogens (tertiary/aromatic N) is 1. The highest BCUT2D eigenvalue weighted by molar-refractivity contribution is 7.98. The van der Waals surface area contributed by atoms with E-state index in [4.69, 9.17) is 4.74 Å². The molecule has 0 heterocycles. The second-order valence-corrected chi connectivity index (χ2v) is 13.3. The van der Waals surface area contributed by atoms with Gasteiger partial charge in [0.2, 0.25) is 5.91 Å². The first kappa shape index (κ1) is 35.7. The Morgan fingerprint density at radius 2 is 1.51 bits per heavy atom. The molecule has 0 fully saturated rings. The van der Waals surface area contributed by atoms with Crippen LogP contribution in [0.2, 0.25) is 0 Å². The predicted molar refractivity (Wildman–Crippen MR) is 193 cm³/mol. The van der Waals surface area contributed by atoms with Crippen molar-refractivity contribution in [3.8, 4) is 0 Å². The molecule has 0 aromatic heterocycles. The third kappa shape index (κ3) is 11.0. The Hall–Kier alpha value is -4.14. The molecule has 2 N–H and O–H groups in total. The van der Waals surface area contributed by atoms with Gasteiger partial charge in [0.1, 0.15) is 6.04 Å². The quantitative estimate of drug-likeness (QED) is 0.127. The van der Waals surface area contributed by atoms with Gasteiger partial charge in [-0.25, -0.2) is 4.79 Å². The first-order valence-electron chi connectivity index (χ1n) is 16.2. The normalized spacial score (nSPS) is 12.6. The van der Waals surface area contributed by atoms with E-state index >= 15 is 0 Å². The maximum absolute atomic E-state index is 13.9. The van der Waals surface area contributed by atoms with Gasteiger partial charge in [-0.2, -0.15) is 11.8 Å². The smallest absolute Gasteiger partial charge is 0.328 e. The highest BCUT2D eigenvalue weighted by Crippen LogP contribution is 2.21. The van der Waals surface area contributed by atoms with Crippen LogP contribution in [0.25, 0.3) is 10.8 Å². The van der Waals surface area contributed by atoms with Crippen LogP contribution in [0.15, 0.2) is 97.1 Å². The lowest BCUT2D eigenvalue weighted by atomic mass is 9.98. The molecule has 0 saturated carbocycles. The van der Waals surface area contributed by atoms with Gasteiger partial charge < -0.3 is 15.4 Å². The number of carbonyl (C=O) groups excluding carboxylic acids is 3. The Balaban J connectivity index is 1.58. The molecule has 0 unspecified atom stereocenters. The van der Waals surface area contributed by atoms with Crippen molar-refractivity contribution in [3.63, 3.8) is 0 Å². The van der Waals surface area contributed by atoms with E-state index in [9.17, 15) is 14.4 Å². The Morgan fingerprint density at radius 1 is 0.830 bits per heavy atom. The molecule has 2 atom stereocenters. The van der Waals surface area contributed by atoms with E-state index in [0.717, 1.165) is 33.9 Å². The Bertz CT molecular complexity index is 1610. The maximum Gasteiger partial charge on any atom is 0.328 e. The van der Waals surface area contributed by atoms with Gasteiger partial charge in [0.15, 0.2) is 0 Å². The highest BCUT2D eigenvalue weighted by Gasteiger charge is 2.25. The number of carbonyl (C=O) groups is 3. The number of rotatable bonds is 17. The maximum atomic E-state index is 13.9. The van der Waals surface area contributed by atoms with Crippen LogP contribution in [0.3, 0.4) is 0 Å². The molecule has 0 bridgehead atoms. The van der Waals surface area contributed by atoms with Crippen molar-refractivity contribution in [3.05, 3.63) is 119 Å². The minimum Gasteiger partial charge on any atom is -0.467 e. The molecule has 0 aliphatic rings. The van der Waals surface area contributed by atoms with Crippen LogP contribution in [0.5, 0.6) is 0 Å². The largest absolute Gasteiger partial charge is 0.467 e. The second kappa shape index (κ2) is 18.3. The van der Waals surface area contributed by atoms with Crippen LogP contribution in [0.4, 0.5) is 0 Å². The summed E-state index contributed by atoms with van der Waals surface area (Å²) in [5, 5.41) is 8.48. The zero-order valence-corrected chi connectivity index (χ0v) is 28.7. The number of hydrogen-bond donors (Lipinski definition) is 2. The molecule has 0 saturated heterocycles. The van der Waals surface area contributed by atoms with Crippen molar-refractivity contribution >= 4 is 40.3 Å². The number of fused-ring (bicyclic) bond motifs is 1. The van der Waals surface area contributed by atoms with Crippen molar-refractivity contribution in [1.29, 1.82) is 0 Å². The third-order valence-corrected chi connectivity index (χ3v) is 8.79. The summed E-state index contributed by atoms with van der Waals surface area (Å²) in [5.74, 6) is 0.188. The summed E-state index contributed by atoms with van der Waals surface area (Å²) in [6.07, 6.45) is 3.84. The average Bonchev–Trinajstić information content (AvgIpc) is 3.06. The van der Waals surface area contributed by atoms with Gasteiger partial charge in [0.05, 0.1) is 13.7 Å². The Kier molecular flexibility index (Phi) is 13.9. The van der Waals surface area contributed by atoms with E-state index in [2.05, 4.69) is 65.8 Å². The molecule has 47 heavy (non-hydrogen) atoms. The molecule has 0 radical (unpaired) electrons. The van der Waals surface area contributed by atoms with E-state index in [1.807, 2.05) is 66.9 Å². The fourth-order valence-corrected chi connectivity index (χ4v) is 6.43. The van der Waals surface area contributed by atoms with Gasteiger partial charge in [0.25, 0.3) is 5.91 Å². The van der Waals surface area contributed by atoms with Crippen LogP contribution in [0, 0.1) is 5.92 Å². The van der Waals surface area contributed by atoms with Crippen LogP contribution in [-0.2, 0) is 27.3 Å². The SMILES string of the molecule is COC(=O)[C@H](CCSC)NC(=O)CN(Cc1cccc2ccccc12)C[C@H](CC(C)C)NC(=O)c1ccccc1Cc1ccccc1. The van der Waals surface area contributed by atoms with Crippen molar-refractivity contribution in [2.75, 3.05) is 32.2 Å². The fourth-order valence-electron chi connectivity index (χ4n) is 5.96. The minimum absolute atomic E-state index is 0.0606. The van der Waals surface area contributed by atoms with Crippen molar-refractivity contribution in [2.45, 2.75) is 51.7 Å². The Labute approximate surface area is 283 Å². The summed E-state index contributed by atoms with van der Waals surface area (Å²) in [6, 6.07) is 31.3. The number of amides is 2. The topological polar surface area (TPSA) is 87.7 Å². The third-order valence-electron chi connectivity index (χ3n) is 8.14. The summed E-state index contributed by atoms with van der Waals surface area (Å²) in [5.41, 5.74) is 3.84. The highest BCUT2D eigenvalue weighted by atomic mass is 32.2. The van der Waals surface area contributed by atoms with Gasteiger partial charge in [-0.1, -0.05) is 105 Å². The molecule has 8 heteroatoms. The lowest BCUT2D eigenvalue weighted by molar-refractivity contribution is -0.145. The summed E-state index contributed by atoms with van der Waals surface area (Å²) in [4.78, 5) is 41.9. The van der Waals surface area contributed by atoms with E-state index in [1.165, 1.54) is 7.11 Å². The van der Waals surface area contributed by atoms with E-state index in [1.54, 1.807) is 11.8 Å². The summed E-state index contributed by atoms with van der Waals surface area (Å²) in [6.45, 7) is 5.28. The van der Waals surface area contributed by atoms with Gasteiger partial charge in [0, 0.05) is 24.7 Å². The lowest BCUT2D eigenvalue weighted by Crippen LogP contribution is -2.49. The summed E-state index contributed by atoms with van der Waals surface area (Å²) >= 11 is 1.61. The number of hydrogen-bond acceptors (Lipinski definition) is 6. The molecular weight excluding hydrogens is 607 g/mol. The molecule has 4 aromatic carbocycles. The molecule has 2 amide bonds. The number of esters is 1. The summed E-state index contributed by atoms with van der Waals surface area (Å²) < 4.78 is 4.98. The van der Waals surface area contributed by atoms with Gasteiger partial charge >= 0.3 is 5.97 Å². The van der Waals surface area contributed by atoms with Crippen molar-refractivity contribution < 1.29 is 19.1 Å². The molecule has 4 aromatic rings. The predicted octanol–water partition coefficient (Wildman–Crippen LogP) is 6.49. The first-order valence-corrected chi connectivity index (χ1v) is 17.6. The van der Waals surface area contributed by atoms with Gasteiger partial charge in [-0.15, -0.1) is 0 Å². The number of ether oxygens (including phenoxy) is 1. The zero-order chi connectivity index (χ0) is 33.6. The Morgan fingerprint density at radius 3 is 2.26 bits per heavy atom. The molecular formula is C39H47N3O4S. The number of thioether (sulfide) groups is 1. The fraction of sp³-hybridized carbons (Fsp3) is 0.359. The first-order chi connectivity index (χ1) is 22.8. The summed E-state index contributed by atoms with van der Waals surface area (Å²) in [7, 11) is 1.34. The number of methoxy groups -OCH3 is 1. The van der Waals surface area contributed by atoms with Crippen LogP contribution in [-0.4, -0.2) is 67.0 Å². The van der Waals surface area contributed by atoms with Gasteiger partial charge in [-0.3, -0.25) is 14.5 Å². The molecule has 248 valence electrons. The van der Waals surface area contributed by atoms with E-state index in [0.29, 0.717) is 43.2 Å². The number of nitrogens with one attached hydrogen (secondary N) is 2. The van der Waals surface area contributed by atoms with Crippen LogP contribution < -0.4 is 10.6 Å². The number of benzene rings is 4. The van der Waals surface area contributed by atoms with Gasteiger partial charge in [-0.05, 0) is 70.7 Å². The average molecular weight is 654 g/mol. The molecule has 7 nitrogen and oxygen atoms in total. The van der Waals surface area contributed by atoms with Crippen molar-refractivity contribution in [1.82, 2.24) is 15.5 Å². The van der Waals surface area contributed by atoms with Crippen molar-refractivity contribution in [2.24, 2.45) is 5.92 Å². The van der Waals surface area contributed by atoms with E-state index < -0.39 is 12.0 Å². The van der Waals surface area contributed by atoms with Crippen LogP contribution >= 0.6 is 11.8 Å². The van der Waals surface area contributed by atoms with Crippen LogP contribution in [0.1, 0.15) is 53.7 Å². The lowest BCUT2D eigenvalue weighted by Gasteiger charge is -2.30. The molecule has 0 spiro atoms. The monoisotopic (exact) mass is 653 g/mol. The molecule has 0 aliphatic heterocycles. The molecule has 4 rings (SSSR count). The van der Waals surface area contributed by atoms with E-state index in [-0.39, 0.29) is 24.4 Å². The minimum atomic E-state index is -0.716. The molecule has 0 aliphatic carbocycles. The second-order valence-electron chi connectivity index (χ2n) is 12.4.